The second-order valence-electron chi connectivity index (χ2n) is 12.3. The third-order valence-electron chi connectivity index (χ3n) is 8.09. The van der Waals surface area contributed by atoms with Crippen LogP contribution in [0.1, 0.15) is 43.9 Å². The van der Waals surface area contributed by atoms with Crippen molar-refractivity contribution < 1.29 is 23.8 Å². The number of H-pyrrole nitrogens is 2. The molecule has 0 saturated carbocycles. The number of para-hydroxylation sites is 1. The van der Waals surface area contributed by atoms with E-state index in [0.717, 1.165) is 44.4 Å². The second kappa shape index (κ2) is 11.8. The number of imidazole rings is 1. The maximum absolute atomic E-state index is 14.1. The van der Waals surface area contributed by atoms with Crippen LogP contribution >= 0.6 is 0 Å². The predicted molar refractivity (Wildman–Crippen MR) is 171 cm³/mol. The number of carbonyl (C=O) groups is 2. The quantitative estimate of drug-likeness (QED) is 0.249. The number of benzene rings is 2. The molecule has 0 spiro atoms. The van der Waals surface area contributed by atoms with Crippen LogP contribution in [0, 0.1) is 6.92 Å². The third kappa shape index (κ3) is 6.02. The number of ether oxygens (including phenoxy) is 3. The number of carbonyl (C=O) groups excluding carboxylic acids is 2. The Kier molecular flexibility index (Phi) is 7.86. The highest BCUT2D eigenvalue weighted by atomic mass is 16.6. The van der Waals surface area contributed by atoms with Gasteiger partial charge in [-0.15, -0.1) is 0 Å². The van der Waals surface area contributed by atoms with Crippen molar-refractivity contribution in [3.63, 3.8) is 0 Å². The molecule has 3 aromatic heterocycles. The number of aryl methyl sites for hydroxylation is 1. The first kappa shape index (κ1) is 30.0. The van der Waals surface area contributed by atoms with Crippen LogP contribution in [0.5, 0.6) is 11.6 Å². The fourth-order valence-corrected chi connectivity index (χ4v) is 5.87. The lowest BCUT2D eigenvalue weighted by Gasteiger charge is -2.41. The van der Waals surface area contributed by atoms with Crippen molar-refractivity contribution in [3.05, 3.63) is 71.8 Å². The maximum atomic E-state index is 14.1. The number of nitrogens with zero attached hydrogens (tertiary/aromatic N) is 4. The zero-order chi connectivity index (χ0) is 31.9. The van der Waals surface area contributed by atoms with Crippen LogP contribution in [-0.4, -0.2) is 81.2 Å². The molecule has 1 unspecified atom stereocenters. The highest BCUT2D eigenvalue weighted by Gasteiger charge is 2.37. The molecule has 1 fully saturated rings. The SMILES string of the molecule is COc1ccc2[nH]c(C)c(CC(=O)N3CCN(C(=O)OC(C)(C)C)CC3c3ncc(-c4cc5ccccc5nc4OC)[nH]3)c2c1. The molecule has 1 aliphatic heterocycles. The van der Waals surface area contributed by atoms with Gasteiger partial charge in [-0.05, 0) is 63.6 Å². The Labute approximate surface area is 261 Å². The molecule has 6 rings (SSSR count). The number of aromatic nitrogens is 4. The van der Waals surface area contributed by atoms with Crippen LogP contribution in [0.25, 0.3) is 33.1 Å². The van der Waals surface area contributed by atoms with Crippen molar-refractivity contribution in [2.75, 3.05) is 33.9 Å². The molecule has 0 bridgehead atoms. The Bertz CT molecular complexity index is 1890. The van der Waals surface area contributed by atoms with Crippen molar-refractivity contribution in [1.82, 2.24) is 29.7 Å². The van der Waals surface area contributed by atoms with Crippen LogP contribution < -0.4 is 9.47 Å². The summed E-state index contributed by atoms with van der Waals surface area (Å²) >= 11 is 0. The lowest BCUT2D eigenvalue weighted by Crippen LogP contribution is -2.53. The Hall–Kier alpha value is -5.06. The molecule has 0 radical (unpaired) electrons. The number of rotatable bonds is 6. The number of nitrogens with one attached hydrogen (secondary N) is 2. The first-order chi connectivity index (χ1) is 21.5. The molecule has 11 nitrogen and oxygen atoms in total. The largest absolute Gasteiger partial charge is 0.497 e. The van der Waals surface area contributed by atoms with Crippen molar-refractivity contribution in [2.24, 2.45) is 0 Å². The Morgan fingerprint density at radius 3 is 2.58 bits per heavy atom. The summed E-state index contributed by atoms with van der Waals surface area (Å²) in [4.78, 5) is 46.9. The van der Waals surface area contributed by atoms with Gasteiger partial charge in [0.25, 0.3) is 0 Å². The van der Waals surface area contributed by atoms with Gasteiger partial charge < -0.3 is 34.0 Å². The molecule has 1 atom stereocenters. The molecule has 2 N–H and O–H groups in total. The van der Waals surface area contributed by atoms with E-state index < -0.39 is 17.7 Å². The van der Waals surface area contributed by atoms with Crippen LogP contribution in [0.2, 0.25) is 0 Å². The number of methoxy groups -OCH3 is 2. The van der Waals surface area contributed by atoms with Gasteiger partial charge in [-0.1, -0.05) is 18.2 Å². The van der Waals surface area contributed by atoms with E-state index in [1.807, 2.05) is 76.2 Å². The zero-order valence-electron chi connectivity index (χ0n) is 26.4. The summed E-state index contributed by atoms with van der Waals surface area (Å²) in [6.45, 7) is 8.37. The van der Waals surface area contributed by atoms with Gasteiger partial charge in [0, 0.05) is 35.1 Å². The van der Waals surface area contributed by atoms with Crippen molar-refractivity contribution in [2.45, 2.75) is 45.8 Å². The predicted octanol–water partition coefficient (Wildman–Crippen LogP) is 5.79. The van der Waals surface area contributed by atoms with Crippen LogP contribution in [0.4, 0.5) is 4.79 Å². The normalized spacial score (nSPS) is 15.5. The van der Waals surface area contributed by atoms with Gasteiger partial charge in [0.15, 0.2) is 0 Å². The summed E-state index contributed by atoms with van der Waals surface area (Å²) in [6.07, 6.45) is 1.47. The third-order valence-corrected chi connectivity index (χ3v) is 8.09. The average Bonchev–Trinajstić information content (AvgIpc) is 3.63. The van der Waals surface area contributed by atoms with Crippen molar-refractivity contribution in [1.29, 1.82) is 0 Å². The molecular weight excluding hydrogens is 572 g/mol. The minimum absolute atomic E-state index is 0.0708. The molecule has 1 aliphatic rings. The first-order valence-corrected chi connectivity index (χ1v) is 15.0. The Morgan fingerprint density at radius 1 is 1.02 bits per heavy atom. The van der Waals surface area contributed by atoms with Gasteiger partial charge in [0.05, 0.1) is 50.2 Å². The number of piperazine rings is 1. The van der Waals surface area contributed by atoms with Gasteiger partial charge in [0.1, 0.15) is 23.2 Å². The smallest absolute Gasteiger partial charge is 0.410 e. The van der Waals surface area contributed by atoms with Crippen molar-refractivity contribution in [3.8, 4) is 22.9 Å². The number of amides is 2. The fraction of sp³-hybridized carbons (Fsp3) is 0.353. The first-order valence-electron chi connectivity index (χ1n) is 15.0. The molecule has 0 aliphatic carbocycles. The van der Waals surface area contributed by atoms with E-state index in [9.17, 15) is 9.59 Å². The summed E-state index contributed by atoms with van der Waals surface area (Å²) < 4.78 is 16.8. The van der Waals surface area contributed by atoms with Gasteiger partial charge in [-0.2, -0.15) is 0 Å². The van der Waals surface area contributed by atoms with Gasteiger partial charge in [-0.25, -0.2) is 14.8 Å². The summed E-state index contributed by atoms with van der Waals surface area (Å²) in [6, 6.07) is 15.1. The van der Waals surface area contributed by atoms with E-state index in [4.69, 9.17) is 19.2 Å². The van der Waals surface area contributed by atoms with E-state index in [2.05, 4.69) is 15.0 Å². The summed E-state index contributed by atoms with van der Waals surface area (Å²) in [7, 11) is 3.21. The van der Waals surface area contributed by atoms with Gasteiger partial charge >= 0.3 is 6.09 Å². The Morgan fingerprint density at radius 2 is 1.82 bits per heavy atom. The van der Waals surface area contributed by atoms with E-state index in [0.29, 0.717) is 30.5 Å². The summed E-state index contributed by atoms with van der Waals surface area (Å²) in [5.74, 6) is 1.67. The minimum atomic E-state index is -0.648. The maximum Gasteiger partial charge on any atom is 0.410 e. The number of fused-ring (bicyclic) bond motifs is 2. The second-order valence-corrected chi connectivity index (χ2v) is 12.3. The molecule has 1 saturated heterocycles. The molecule has 2 amide bonds. The molecule has 5 aromatic rings. The van der Waals surface area contributed by atoms with E-state index >= 15 is 0 Å². The van der Waals surface area contributed by atoms with E-state index in [-0.39, 0.29) is 18.9 Å². The standard InChI is InChI=1S/C34H38N6O5/c1-20-23(24-16-22(43-5)11-12-27(24)36-20)17-30(41)40-14-13-39(33(42)45-34(2,3)4)19-29(40)31-35-18-28(37-31)25-15-21-9-7-8-10-26(21)38-32(25)44-6/h7-12,15-16,18,29,36H,13-14,17,19H2,1-6H3,(H,35,37). The number of hydrogen-bond acceptors (Lipinski definition) is 7. The topological polar surface area (TPSA) is 126 Å². The minimum Gasteiger partial charge on any atom is -0.497 e. The number of aromatic amines is 2. The number of pyridine rings is 1. The highest BCUT2D eigenvalue weighted by molar-refractivity contribution is 5.91. The lowest BCUT2D eigenvalue weighted by molar-refractivity contribution is -0.135. The van der Waals surface area contributed by atoms with Gasteiger partial charge in [0.2, 0.25) is 11.8 Å². The lowest BCUT2D eigenvalue weighted by atomic mass is 10.0. The highest BCUT2D eigenvalue weighted by Crippen LogP contribution is 2.34. The molecule has 2 aromatic carbocycles. The van der Waals surface area contributed by atoms with E-state index in [1.165, 1.54) is 0 Å². The molecular formula is C34H38N6O5. The van der Waals surface area contributed by atoms with Crippen molar-refractivity contribution >= 4 is 33.8 Å². The molecule has 45 heavy (non-hydrogen) atoms. The fourth-order valence-electron chi connectivity index (χ4n) is 5.87. The molecule has 234 valence electrons. The molecule has 4 heterocycles. The van der Waals surface area contributed by atoms with E-state index in [1.54, 1.807) is 30.2 Å². The summed E-state index contributed by atoms with van der Waals surface area (Å²) in [5, 5.41) is 1.90. The number of hydrogen-bond donors (Lipinski definition) is 2. The molecule has 11 heteroatoms. The van der Waals surface area contributed by atoms with Crippen LogP contribution in [0.3, 0.4) is 0 Å². The van der Waals surface area contributed by atoms with Crippen LogP contribution in [-0.2, 0) is 16.0 Å². The zero-order valence-corrected chi connectivity index (χ0v) is 26.4. The van der Waals surface area contributed by atoms with Crippen LogP contribution in [0.15, 0.2) is 54.7 Å². The van der Waals surface area contributed by atoms with Gasteiger partial charge in [-0.3, -0.25) is 4.79 Å². The Balaban J connectivity index is 1.34. The summed E-state index contributed by atoms with van der Waals surface area (Å²) in [5.41, 5.74) is 4.39. The monoisotopic (exact) mass is 610 g/mol. The average molecular weight is 611 g/mol.